The van der Waals surface area contributed by atoms with Gasteiger partial charge in [0.1, 0.15) is 17.3 Å². The van der Waals surface area contributed by atoms with Crippen LogP contribution in [0.1, 0.15) is 15.9 Å². The molecule has 8 nitrogen and oxygen atoms in total. The highest BCUT2D eigenvalue weighted by Gasteiger charge is 2.19. The largest absolute Gasteiger partial charge is 0.507 e. The van der Waals surface area contributed by atoms with Crippen molar-refractivity contribution in [3.05, 3.63) is 41.5 Å². The average Bonchev–Trinajstić information content (AvgIpc) is 2.76. The number of aliphatic hydroxyl groups excluding tert-OH is 1. The average molecular weight is 404 g/mol. The standard InChI is InChI=1S/C21H24O8/c1-24-16-10-20(28-5)18(26-3)7-12(16)14(22)9-15(23)13-8-19(27-4)21(29-6)11-17(13)25-2/h7-11,22H,1-6H3. The van der Waals surface area contributed by atoms with E-state index in [4.69, 9.17) is 28.4 Å². The molecular formula is C21H24O8. The Morgan fingerprint density at radius 2 is 0.966 bits per heavy atom. The van der Waals surface area contributed by atoms with E-state index in [1.165, 1.54) is 60.9 Å². The summed E-state index contributed by atoms with van der Waals surface area (Å²) in [6, 6.07) is 6.09. The number of benzene rings is 2. The molecule has 0 bridgehead atoms. The minimum absolute atomic E-state index is 0.191. The summed E-state index contributed by atoms with van der Waals surface area (Å²) < 4.78 is 31.5. The fraction of sp³-hybridized carbons (Fsp3) is 0.286. The van der Waals surface area contributed by atoms with E-state index in [2.05, 4.69) is 0 Å². The predicted octanol–water partition coefficient (Wildman–Crippen LogP) is 3.52. The number of hydrogen-bond acceptors (Lipinski definition) is 8. The van der Waals surface area contributed by atoms with E-state index in [9.17, 15) is 9.90 Å². The first-order valence-corrected chi connectivity index (χ1v) is 8.49. The summed E-state index contributed by atoms with van der Waals surface area (Å²) in [4.78, 5) is 12.8. The normalized spacial score (nSPS) is 10.9. The van der Waals surface area contributed by atoms with Crippen LogP contribution >= 0.6 is 0 Å². The quantitative estimate of drug-likeness (QED) is 0.386. The first kappa shape index (κ1) is 21.7. The van der Waals surface area contributed by atoms with Gasteiger partial charge in [-0.3, -0.25) is 4.79 Å². The summed E-state index contributed by atoms with van der Waals surface area (Å²) in [6.07, 6.45) is 1.06. The van der Waals surface area contributed by atoms with E-state index < -0.39 is 5.78 Å². The van der Waals surface area contributed by atoms with Crippen LogP contribution in [0.5, 0.6) is 34.5 Å². The Bertz CT molecular complexity index is 917. The number of ether oxygens (including phenoxy) is 6. The predicted molar refractivity (Wildman–Crippen MR) is 107 cm³/mol. The van der Waals surface area contributed by atoms with E-state index >= 15 is 0 Å². The summed E-state index contributed by atoms with van der Waals surface area (Å²) in [6.45, 7) is 0. The highest BCUT2D eigenvalue weighted by Crippen LogP contribution is 2.38. The molecule has 0 aliphatic rings. The van der Waals surface area contributed by atoms with E-state index in [0.717, 1.165) is 6.08 Å². The number of ketones is 1. The SMILES string of the molecule is COc1cc(OC)c(C(=O)C=C(O)c2cc(OC)c(OC)cc2OC)cc1OC. The van der Waals surface area contributed by atoms with Crippen molar-refractivity contribution in [2.24, 2.45) is 0 Å². The number of aliphatic hydroxyl groups is 1. The fourth-order valence-electron chi connectivity index (χ4n) is 2.73. The van der Waals surface area contributed by atoms with Crippen molar-refractivity contribution in [3.63, 3.8) is 0 Å². The van der Waals surface area contributed by atoms with Crippen LogP contribution in [-0.2, 0) is 0 Å². The van der Waals surface area contributed by atoms with Crippen LogP contribution in [0.3, 0.4) is 0 Å². The van der Waals surface area contributed by atoms with Crippen molar-refractivity contribution in [1.82, 2.24) is 0 Å². The molecule has 2 aromatic rings. The van der Waals surface area contributed by atoms with Gasteiger partial charge in [0, 0.05) is 18.2 Å². The lowest BCUT2D eigenvalue weighted by Crippen LogP contribution is -2.03. The molecule has 156 valence electrons. The topological polar surface area (TPSA) is 92.7 Å². The summed E-state index contributed by atoms with van der Waals surface area (Å²) in [5.74, 6) is 1.33. The molecule has 2 aromatic carbocycles. The van der Waals surface area contributed by atoms with Crippen molar-refractivity contribution in [1.29, 1.82) is 0 Å². The van der Waals surface area contributed by atoms with Gasteiger partial charge in [-0.2, -0.15) is 0 Å². The molecule has 0 aliphatic heterocycles. The van der Waals surface area contributed by atoms with Gasteiger partial charge >= 0.3 is 0 Å². The van der Waals surface area contributed by atoms with Crippen LogP contribution in [-0.4, -0.2) is 53.5 Å². The Morgan fingerprint density at radius 1 is 0.621 bits per heavy atom. The van der Waals surface area contributed by atoms with Gasteiger partial charge in [0.2, 0.25) is 0 Å². The highest BCUT2D eigenvalue weighted by molar-refractivity contribution is 6.10. The van der Waals surface area contributed by atoms with Crippen LogP contribution in [0, 0.1) is 0 Å². The molecule has 8 heteroatoms. The molecule has 0 atom stereocenters. The first-order valence-electron chi connectivity index (χ1n) is 8.49. The molecule has 0 spiro atoms. The van der Waals surface area contributed by atoms with Crippen LogP contribution < -0.4 is 28.4 Å². The van der Waals surface area contributed by atoms with Crippen LogP contribution in [0.25, 0.3) is 5.76 Å². The summed E-state index contributed by atoms with van der Waals surface area (Å²) >= 11 is 0. The van der Waals surface area contributed by atoms with E-state index in [1.54, 1.807) is 6.07 Å². The van der Waals surface area contributed by atoms with Gasteiger partial charge in [0.05, 0.1) is 53.8 Å². The molecule has 29 heavy (non-hydrogen) atoms. The van der Waals surface area contributed by atoms with E-state index in [0.29, 0.717) is 28.7 Å². The summed E-state index contributed by atoms with van der Waals surface area (Å²) in [7, 11) is 8.76. The Morgan fingerprint density at radius 3 is 1.38 bits per heavy atom. The van der Waals surface area contributed by atoms with Crippen molar-refractivity contribution in [2.45, 2.75) is 0 Å². The molecule has 0 radical (unpaired) electrons. The molecule has 2 rings (SSSR count). The number of allylic oxidation sites excluding steroid dienone is 1. The Balaban J connectivity index is 2.53. The zero-order valence-electron chi connectivity index (χ0n) is 17.2. The minimum Gasteiger partial charge on any atom is -0.507 e. The highest BCUT2D eigenvalue weighted by atomic mass is 16.5. The third kappa shape index (κ3) is 4.48. The maximum atomic E-state index is 12.8. The van der Waals surface area contributed by atoms with Crippen LogP contribution in [0.4, 0.5) is 0 Å². The van der Waals surface area contributed by atoms with Crippen molar-refractivity contribution in [3.8, 4) is 34.5 Å². The van der Waals surface area contributed by atoms with Crippen molar-refractivity contribution in [2.75, 3.05) is 42.7 Å². The molecule has 0 aromatic heterocycles. The van der Waals surface area contributed by atoms with Crippen molar-refractivity contribution < 1.29 is 38.3 Å². The number of rotatable bonds is 9. The Hall–Kier alpha value is -3.55. The third-order valence-corrected chi connectivity index (χ3v) is 4.22. The Kier molecular flexibility index (Phi) is 7.19. The maximum absolute atomic E-state index is 12.8. The van der Waals surface area contributed by atoms with Gasteiger partial charge in [-0.15, -0.1) is 0 Å². The second kappa shape index (κ2) is 9.59. The molecule has 0 amide bonds. The molecule has 0 saturated heterocycles. The monoisotopic (exact) mass is 404 g/mol. The summed E-state index contributed by atoms with van der Waals surface area (Å²) in [5, 5.41) is 10.6. The maximum Gasteiger partial charge on any atom is 0.193 e. The zero-order valence-corrected chi connectivity index (χ0v) is 17.2. The minimum atomic E-state index is -0.503. The van der Waals surface area contributed by atoms with Gasteiger partial charge < -0.3 is 33.5 Å². The molecule has 1 N–H and O–H groups in total. The summed E-state index contributed by atoms with van der Waals surface area (Å²) in [5.41, 5.74) is 0.453. The molecule has 0 fully saturated rings. The third-order valence-electron chi connectivity index (χ3n) is 4.22. The lowest BCUT2D eigenvalue weighted by atomic mass is 10.0. The van der Waals surface area contributed by atoms with E-state index in [1.807, 2.05) is 0 Å². The van der Waals surface area contributed by atoms with Gasteiger partial charge in [-0.05, 0) is 12.1 Å². The molecule has 0 unspecified atom stereocenters. The molecule has 0 aliphatic carbocycles. The first-order chi connectivity index (χ1) is 13.9. The van der Waals surface area contributed by atoms with Gasteiger partial charge in [-0.25, -0.2) is 0 Å². The molecule has 0 heterocycles. The molecular weight excluding hydrogens is 380 g/mol. The van der Waals surface area contributed by atoms with Gasteiger partial charge in [-0.1, -0.05) is 0 Å². The number of carbonyl (C=O) groups excluding carboxylic acids is 1. The number of hydrogen-bond donors (Lipinski definition) is 1. The van der Waals surface area contributed by atoms with Crippen molar-refractivity contribution >= 4 is 11.5 Å². The zero-order chi connectivity index (χ0) is 21.6. The smallest absolute Gasteiger partial charge is 0.193 e. The fourth-order valence-corrected chi connectivity index (χ4v) is 2.73. The van der Waals surface area contributed by atoms with Gasteiger partial charge in [0.25, 0.3) is 0 Å². The van der Waals surface area contributed by atoms with E-state index in [-0.39, 0.29) is 22.6 Å². The second-order valence-corrected chi connectivity index (χ2v) is 5.71. The second-order valence-electron chi connectivity index (χ2n) is 5.71. The van der Waals surface area contributed by atoms with Crippen LogP contribution in [0.15, 0.2) is 30.3 Å². The van der Waals surface area contributed by atoms with Crippen LogP contribution in [0.2, 0.25) is 0 Å². The number of methoxy groups -OCH3 is 6. The Labute approximate surface area is 169 Å². The van der Waals surface area contributed by atoms with Gasteiger partial charge in [0.15, 0.2) is 28.8 Å². The lowest BCUT2D eigenvalue weighted by molar-refractivity contribution is 0.104. The molecule has 0 saturated carbocycles. The lowest BCUT2D eigenvalue weighted by Gasteiger charge is -2.14. The number of carbonyl (C=O) groups is 1.